The van der Waals surface area contributed by atoms with Gasteiger partial charge in [-0.05, 0) is 117 Å². The molecular formula is C54H59F2N9O6. The third kappa shape index (κ3) is 9.51. The number of piperidine rings is 1. The molecule has 3 N–H and O–H groups in total. The minimum Gasteiger partial charge on any atom is -0.508 e. The van der Waals surface area contributed by atoms with Gasteiger partial charge in [0.05, 0.1) is 30.4 Å². The van der Waals surface area contributed by atoms with E-state index in [0.717, 1.165) is 77.8 Å². The number of halogens is 2. The number of aromatic nitrogens is 3. The van der Waals surface area contributed by atoms with E-state index in [-0.39, 0.29) is 81.1 Å². The molecule has 3 aromatic carbocycles. The van der Waals surface area contributed by atoms with E-state index in [1.54, 1.807) is 18.2 Å². The van der Waals surface area contributed by atoms with Crippen LogP contribution in [-0.2, 0) is 4.79 Å². The third-order valence-corrected chi connectivity index (χ3v) is 16.1. The smallest absolute Gasteiger partial charge is 0.328 e. The number of carbonyl (C=O) groups is 3. The summed E-state index contributed by atoms with van der Waals surface area (Å²) in [7, 11) is 1.52. The zero-order valence-electron chi connectivity index (χ0n) is 40.1. The van der Waals surface area contributed by atoms with Gasteiger partial charge in [0.15, 0.2) is 5.82 Å². The molecule has 6 aliphatic rings. The number of nitrogens with zero attached hydrogens (tertiary/aromatic N) is 7. The Labute approximate surface area is 411 Å². The highest BCUT2D eigenvalue weighted by atomic mass is 19.1. The fraction of sp³-hybridized carbons (Fsp3) is 0.481. The number of phenols is 1. The van der Waals surface area contributed by atoms with Gasteiger partial charge < -0.3 is 34.6 Å². The first-order valence-corrected chi connectivity index (χ1v) is 25.1. The molecule has 3 aliphatic carbocycles. The number of likely N-dealkylation sites (tertiary alicyclic amines) is 1. The van der Waals surface area contributed by atoms with Crippen molar-refractivity contribution in [3.63, 3.8) is 0 Å². The average molecular weight is 968 g/mol. The van der Waals surface area contributed by atoms with Gasteiger partial charge in [0.1, 0.15) is 34.3 Å². The highest BCUT2D eigenvalue weighted by Gasteiger charge is 2.46. The molecule has 0 unspecified atom stereocenters. The normalized spacial score (nSPS) is 20.5. The fourth-order valence-corrected chi connectivity index (χ4v) is 11.5. The van der Waals surface area contributed by atoms with Crippen LogP contribution in [0.3, 0.4) is 0 Å². The lowest BCUT2D eigenvalue weighted by molar-refractivity contribution is -0.120. The zero-order valence-corrected chi connectivity index (χ0v) is 40.1. The Morgan fingerprint density at radius 3 is 2.39 bits per heavy atom. The second-order valence-corrected chi connectivity index (χ2v) is 20.9. The first-order chi connectivity index (χ1) is 34.4. The summed E-state index contributed by atoms with van der Waals surface area (Å²) in [6.45, 7) is 8.09. The number of ether oxygens (including phenoxy) is 2. The van der Waals surface area contributed by atoms with Crippen LogP contribution in [0.15, 0.2) is 48.7 Å². The number of imide groups is 1. The second-order valence-electron chi connectivity index (χ2n) is 20.9. The molecule has 3 aliphatic heterocycles. The van der Waals surface area contributed by atoms with E-state index in [4.69, 9.17) is 20.9 Å². The van der Waals surface area contributed by atoms with Gasteiger partial charge in [-0.15, -0.1) is 6.42 Å². The molecule has 15 nitrogen and oxygen atoms in total. The van der Waals surface area contributed by atoms with Gasteiger partial charge in [-0.1, -0.05) is 12.0 Å². The predicted octanol–water partition coefficient (Wildman–Crippen LogP) is 7.73. The summed E-state index contributed by atoms with van der Waals surface area (Å²) in [6, 6.07) is 10.5. The van der Waals surface area contributed by atoms with E-state index in [1.165, 1.54) is 68.2 Å². The van der Waals surface area contributed by atoms with Crippen LogP contribution in [0.1, 0.15) is 86.6 Å². The van der Waals surface area contributed by atoms with E-state index < -0.39 is 17.7 Å². The van der Waals surface area contributed by atoms with Crippen LogP contribution < -0.4 is 25.0 Å². The minimum absolute atomic E-state index is 0.0125. The molecule has 17 heteroatoms. The summed E-state index contributed by atoms with van der Waals surface area (Å²) in [4.78, 5) is 60.5. The number of benzene rings is 3. The van der Waals surface area contributed by atoms with Crippen LogP contribution >= 0.6 is 0 Å². The molecule has 2 aromatic heterocycles. The standard InChI is InChI=1S/C54H59F2N9O6/c1-3-38-41(55)8-4-34-26-37(66)28-39(45(34)38)47-46(56)48-40(29-57-47)49(58-36-6-7-36)61-51(60-48)71-32-54(15-16-54)31-63-24-22-62(23-25-63)30-33-10-13-53(14-11-33)17-20-64(21-18-53)50(68)35-5-9-43(70-2)42(27-35)65-19-12-44(67)59-52(65)69/h1,4-5,8-9,26-29,33,36,66H,6-7,10-25,30-32H2,2H3,(H,58,60,61)(H,59,67,69). The number of amides is 4. The molecule has 4 amide bonds. The lowest BCUT2D eigenvalue weighted by Gasteiger charge is -2.47. The van der Waals surface area contributed by atoms with Crippen LogP contribution in [-0.4, -0.2) is 131 Å². The number of terminal acetylenes is 1. The average Bonchev–Trinajstić information content (AvgIpc) is 4.33. The summed E-state index contributed by atoms with van der Waals surface area (Å²) in [6.07, 6.45) is 18.2. The Morgan fingerprint density at radius 2 is 1.69 bits per heavy atom. The number of hydrogen-bond donors (Lipinski definition) is 3. The maximum Gasteiger partial charge on any atom is 0.328 e. The van der Waals surface area contributed by atoms with E-state index in [0.29, 0.717) is 59.2 Å². The fourth-order valence-electron chi connectivity index (χ4n) is 11.5. The third-order valence-electron chi connectivity index (χ3n) is 16.1. The van der Waals surface area contributed by atoms with E-state index in [1.807, 2.05) is 4.90 Å². The van der Waals surface area contributed by atoms with Crippen molar-refractivity contribution in [2.75, 3.05) is 82.8 Å². The van der Waals surface area contributed by atoms with Crippen molar-refractivity contribution >= 4 is 51.0 Å². The maximum absolute atomic E-state index is 16.8. The summed E-state index contributed by atoms with van der Waals surface area (Å²) < 4.78 is 43.6. The number of rotatable bonds is 13. The van der Waals surface area contributed by atoms with Crippen molar-refractivity contribution in [2.24, 2.45) is 16.7 Å². The van der Waals surface area contributed by atoms with Gasteiger partial charge in [0, 0.05) is 99.5 Å². The molecule has 3 saturated carbocycles. The number of hydrogen-bond acceptors (Lipinski definition) is 12. The van der Waals surface area contributed by atoms with Gasteiger partial charge in [0.25, 0.3) is 5.91 Å². The molecular weight excluding hydrogens is 909 g/mol. The lowest BCUT2D eigenvalue weighted by Crippen LogP contribution is -2.50. The monoisotopic (exact) mass is 967 g/mol. The Bertz CT molecular complexity index is 2970. The molecule has 3 saturated heterocycles. The van der Waals surface area contributed by atoms with Gasteiger partial charge >= 0.3 is 12.0 Å². The zero-order chi connectivity index (χ0) is 49.0. The van der Waals surface area contributed by atoms with Gasteiger partial charge in [0.2, 0.25) is 5.91 Å². The van der Waals surface area contributed by atoms with Crippen molar-refractivity contribution < 1.29 is 37.7 Å². The first kappa shape index (κ1) is 46.7. The largest absolute Gasteiger partial charge is 0.508 e. The van der Waals surface area contributed by atoms with Crippen molar-refractivity contribution in [2.45, 2.75) is 76.7 Å². The van der Waals surface area contributed by atoms with Crippen LogP contribution in [0.25, 0.3) is 32.9 Å². The summed E-state index contributed by atoms with van der Waals surface area (Å²) in [5, 5.41) is 17.5. The number of fused-ring (bicyclic) bond motifs is 2. The number of piperazine rings is 1. The van der Waals surface area contributed by atoms with E-state index in [9.17, 15) is 23.9 Å². The van der Waals surface area contributed by atoms with Crippen LogP contribution in [0.4, 0.5) is 25.1 Å². The van der Waals surface area contributed by atoms with Gasteiger partial charge in [-0.25, -0.2) is 13.6 Å². The highest BCUT2D eigenvalue weighted by molar-refractivity contribution is 6.07. The number of anilines is 2. The van der Waals surface area contributed by atoms with Crippen molar-refractivity contribution in [1.29, 1.82) is 0 Å². The van der Waals surface area contributed by atoms with E-state index in [2.05, 4.69) is 36.3 Å². The Hall–Kier alpha value is -6.64. The first-order valence-electron chi connectivity index (χ1n) is 25.1. The SMILES string of the molecule is C#Cc1c(F)ccc2cc(O)cc(-c3ncc4c(NC5CC5)nc(OCC5(CN6CCN(CC7CCC8(CC7)CCN(C(=O)c7ccc(OC)c(N9CCC(=O)NC9=O)c7)CC8)CC6)CC5)nc4c3F)c12. The number of methoxy groups -OCH3 is 1. The molecule has 1 spiro atoms. The summed E-state index contributed by atoms with van der Waals surface area (Å²) in [5.74, 6) is 2.10. The molecule has 71 heavy (non-hydrogen) atoms. The number of carbonyl (C=O) groups excluding carboxylic acids is 3. The predicted molar refractivity (Wildman–Crippen MR) is 265 cm³/mol. The number of urea groups is 1. The molecule has 0 atom stereocenters. The maximum atomic E-state index is 16.8. The van der Waals surface area contributed by atoms with Crippen molar-refractivity contribution in [3.05, 3.63) is 71.4 Å². The number of nitrogens with one attached hydrogen (secondary N) is 2. The highest BCUT2D eigenvalue weighted by Crippen LogP contribution is 2.49. The summed E-state index contributed by atoms with van der Waals surface area (Å²) >= 11 is 0. The molecule has 370 valence electrons. The molecule has 5 aromatic rings. The molecule has 5 heterocycles. The second kappa shape index (κ2) is 18.8. The molecule has 0 radical (unpaired) electrons. The van der Waals surface area contributed by atoms with Crippen LogP contribution in [0.5, 0.6) is 17.5 Å². The van der Waals surface area contributed by atoms with Crippen molar-refractivity contribution in [3.8, 4) is 41.1 Å². The number of phenolic OH excluding ortho intramolecular Hbond substituents is 1. The molecule has 11 rings (SSSR count). The lowest BCUT2D eigenvalue weighted by atomic mass is 9.65. The molecule has 0 bridgehead atoms. The van der Waals surface area contributed by atoms with Crippen LogP contribution in [0, 0.1) is 40.7 Å². The Morgan fingerprint density at radius 1 is 0.930 bits per heavy atom. The topological polar surface area (TPSA) is 166 Å². The minimum atomic E-state index is -0.747. The van der Waals surface area contributed by atoms with Crippen molar-refractivity contribution in [1.82, 2.24) is 35.0 Å². The Kier molecular flexibility index (Phi) is 12.4. The van der Waals surface area contributed by atoms with E-state index >= 15 is 4.39 Å². The van der Waals surface area contributed by atoms with Gasteiger partial charge in [-0.2, -0.15) is 9.97 Å². The Balaban J connectivity index is 0.672. The number of aromatic hydroxyl groups is 1. The number of pyridine rings is 1. The quantitative estimate of drug-likeness (QED) is 0.0986. The van der Waals surface area contributed by atoms with Gasteiger partial charge in [-0.3, -0.25) is 24.8 Å². The van der Waals surface area contributed by atoms with Crippen LogP contribution in [0.2, 0.25) is 0 Å². The molecule has 6 fully saturated rings. The summed E-state index contributed by atoms with van der Waals surface area (Å²) in [5.41, 5.74) is 1.24.